The first kappa shape index (κ1) is 18.7. The topological polar surface area (TPSA) is 76.6 Å². The average molecular weight is 390 g/mol. The normalized spacial score (nSPS) is 11.9. The van der Waals surface area contributed by atoms with Gasteiger partial charge in [0.1, 0.15) is 0 Å². The van der Waals surface area contributed by atoms with Gasteiger partial charge in [-0.15, -0.1) is 10.2 Å². The molecule has 1 aliphatic heterocycles. The van der Waals surface area contributed by atoms with Gasteiger partial charge in [0, 0.05) is 19.6 Å². The van der Waals surface area contributed by atoms with Crippen LogP contribution < -0.4 is 19.7 Å². The van der Waals surface area contributed by atoms with Crippen LogP contribution in [-0.2, 0) is 13.1 Å². The van der Waals surface area contributed by atoms with Gasteiger partial charge in [-0.3, -0.25) is 4.79 Å². The first-order chi connectivity index (χ1) is 14.2. The minimum absolute atomic E-state index is 0.228. The van der Waals surface area contributed by atoms with E-state index in [4.69, 9.17) is 9.47 Å². The van der Waals surface area contributed by atoms with Crippen molar-refractivity contribution in [3.05, 3.63) is 77.5 Å². The third kappa shape index (κ3) is 4.45. The Labute approximate surface area is 169 Å². The maximum Gasteiger partial charge on any atom is 0.272 e. The molecule has 7 heteroatoms. The molecule has 0 fully saturated rings. The molecular weight excluding hydrogens is 368 g/mol. The molecule has 0 bridgehead atoms. The molecule has 0 saturated heterocycles. The number of carbonyl (C=O) groups is 1. The second kappa shape index (κ2) is 8.60. The summed E-state index contributed by atoms with van der Waals surface area (Å²) in [7, 11) is 0. The molecule has 1 aliphatic rings. The Hall–Kier alpha value is -3.61. The van der Waals surface area contributed by atoms with Gasteiger partial charge in [0.05, 0.1) is 0 Å². The smallest absolute Gasteiger partial charge is 0.272 e. The van der Waals surface area contributed by atoms with Crippen LogP contribution in [-0.4, -0.2) is 29.4 Å². The average Bonchev–Trinajstić information content (AvgIpc) is 3.24. The molecule has 0 spiro atoms. The zero-order valence-corrected chi connectivity index (χ0v) is 16.2. The van der Waals surface area contributed by atoms with Crippen molar-refractivity contribution in [2.75, 3.05) is 18.2 Å². The number of nitrogens with one attached hydrogen (secondary N) is 1. The van der Waals surface area contributed by atoms with E-state index in [2.05, 4.69) is 39.5 Å². The molecule has 0 aliphatic carbocycles. The van der Waals surface area contributed by atoms with Crippen molar-refractivity contribution in [3.63, 3.8) is 0 Å². The van der Waals surface area contributed by atoms with Crippen LogP contribution >= 0.6 is 0 Å². The van der Waals surface area contributed by atoms with E-state index >= 15 is 0 Å². The summed E-state index contributed by atoms with van der Waals surface area (Å²) >= 11 is 0. The van der Waals surface area contributed by atoms with Gasteiger partial charge in [-0.2, -0.15) is 0 Å². The molecule has 1 amide bonds. The number of hydrogen-bond acceptors (Lipinski definition) is 6. The van der Waals surface area contributed by atoms with Crippen LogP contribution in [0, 0.1) is 0 Å². The van der Waals surface area contributed by atoms with Gasteiger partial charge in [-0.25, -0.2) is 0 Å². The number of hydrogen-bond donors (Lipinski definition) is 1. The van der Waals surface area contributed by atoms with Crippen LogP contribution in [0.2, 0.25) is 0 Å². The molecule has 1 aromatic heterocycles. The number of nitrogens with zero attached hydrogens (tertiary/aromatic N) is 3. The molecule has 4 rings (SSSR count). The summed E-state index contributed by atoms with van der Waals surface area (Å²) in [5.74, 6) is 1.88. The lowest BCUT2D eigenvalue weighted by atomic mass is 10.2. The Kier molecular flexibility index (Phi) is 5.56. The van der Waals surface area contributed by atoms with Crippen LogP contribution in [0.5, 0.6) is 11.5 Å². The van der Waals surface area contributed by atoms with Gasteiger partial charge in [0.25, 0.3) is 5.91 Å². The van der Waals surface area contributed by atoms with E-state index in [0.717, 1.165) is 30.2 Å². The van der Waals surface area contributed by atoms with Crippen LogP contribution in [0.25, 0.3) is 0 Å². The van der Waals surface area contributed by atoms with Crippen LogP contribution in [0.15, 0.2) is 60.7 Å². The Balaban J connectivity index is 1.37. The van der Waals surface area contributed by atoms with Gasteiger partial charge in [0.2, 0.25) is 6.79 Å². The van der Waals surface area contributed by atoms with Crippen LogP contribution in [0.1, 0.15) is 28.5 Å². The number of aromatic nitrogens is 2. The van der Waals surface area contributed by atoms with E-state index in [1.165, 1.54) is 5.56 Å². The minimum atomic E-state index is -0.271. The molecule has 2 heterocycles. The third-order valence-corrected chi connectivity index (χ3v) is 4.70. The van der Waals surface area contributed by atoms with E-state index < -0.39 is 0 Å². The van der Waals surface area contributed by atoms with Crippen molar-refractivity contribution in [2.24, 2.45) is 0 Å². The lowest BCUT2D eigenvalue weighted by Gasteiger charge is -2.21. The van der Waals surface area contributed by atoms with Crippen LogP contribution in [0.4, 0.5) is 5.82 Å². The summed E-state index contributed by atoms with van der Waals surface area (Å²) in [6.07, 6.45) is 0. The molecular formula is C22H22N4O3. The SMILES string of the molecule is CCN(Cc1ccccc1)c1ccc(C(=O)NCc2ccc3c(c2)OCO3)nn1. The van der Waals surface area contributed by atoms with Crippen molar-refractivity contribution < 1.29 is 14.3 Å². The fraction of sp³-hybridized carbons (Fsp3) is 0.227. The van der Waals surface area contributed by atoms with Crippen molar-refractivity contribution >= 4 is 11.7 Å². The Morgan fingerprint density at radius 3 is 2.59 bits per heavy atom. The first-order valence-corrected chi connectivity index (χ1v) is 9.52. The Morgan fingerprint density at radius 1 is 1.00 bits per heavy atom. The largest absolute Gasteiger partial charge is 0.454 e. The molecule has 148 valence electrons. The molecule has 0 radical (unpaired) electrons. The van der Waals surface area contributed by atoms with Crippen molar-refractivity contribution in [1.82, 2.24) is 15.5 Å². The monoisotopic (exact) mass is 390 g/mol. The summed E-state index contributed by atoms with van der Waals surface area (Å²) < 4.78 is 10.7. The van der Waals surface area contributed by atoms with Gasteiger partial charge in [0.15, 0.2) is 23.0 Å². The number of fused-ring (bicyclic) bond motifs is 1. The second-order valence-corrected chi connectivity index (χ2v) is 6.65. The number of amides is 1. The van der Waals surface area contributed by atoms with E-state index in [1.54, 1.807) is 6.07 Å². The summed E-state index contributed by atoms with van der Waals surface area (Å²) in [5.41, 5.74) is 2.40. The van der Waals surface area contributed by atoms with E-state index in [0.29, 0.717) is 12.3 Å². The standard InChI is InChI=1S/C22H22N4O3/c1-2-26(14-16-6-4-3-5-7-16)21-11-9-18(24-25-21)22(27)23-13-17-8-10-19-20(12-17)29-15-28-19/h3-12H,2,13-15H2,1H3,(H,23,27). The highest BCUT2D eigenvalue weighted by molar-refractivity contribution is 5.92. The summed E-state index contributed by atoms with van der Waals surface area (Å²) in [4.78, 5) is 14.5. The van der Waals surface area contributed by atoms with Gasteiger partial charge in [-0.1, -0.05) is 36.4 Å². The summed E-state index contributed by atoms with van der Waals surface area (Å²) in [6, 6.07) is 19.3. The van der Waals surface area contributed by atoms with Crippen LogP contribution in [0.3, 0.4) is 0 Å². The highest BCUT2D eigenvalue weighted by Crippen LogP contribution is 2.32. The van der Waals surface area contributed by atoms with Crippen molar-refractivity contribution in [3.8, 4) is 11.5 Å². The maximum atomic E-state index is 12.4. The Morgan fingerprint density at radius 2 is 1.83 bits per heavy atom. The minimum Gasteiger partial charge on any atom is -0.454 e. The molecule has 1 N–H and O–H groups in total. The third-order valence-electron chi connectivity index (χ3n) is 4.70. The summed E-state index contributed by atoms with van der Waals surface area (Å²) in [6.45, 7) is 4.19. The first-order valence-electron chi connectivity index (χ1n) is 9.52. The quantitative estimate of drug-likeness (QED) is 0.668. The fourth-order valence-corrected chi connectivity index (χ4v) is 3.10. The predicted molar refractivity (Wildman–Crippen MR) is 109 cm³/mol. The number of carbonyl (C=O) groups excluding carboxylic acids is 1. The number of benzene rings is 2. The lowest BCUT2D eigenvalue weighted by molar-refractivity contribution is 0.0945. The Bertz CT molecular complexity index is 977. The number of anilines is 1. The lowest BCUT2D eigenvalue weighted by Crippen LogP contribution is -2.26. The molecule has 0 atom stereocenters. The molecule has 29 heavy (non-hydrogen) atoms. The highest BCUT2D eigenvalue weighted by atomic mass is 16.7. The predicted octanol–water partition coefficient (Wildman–Crippen LogP) is 3.16. The van der Waals surface area contributed by atoms with Gasteiger partial charge < -0.3 is 19.7 Å². The zero-order valence-electron chi connectivity index (χ0n) is 16.2. The van der Waals surface area contributed by atoms with E-state index in [1.807, 2.05) is 42.5 Å². The van der Waals surface area contributed by atoms with Crippen molar-refractivity contribution in [2.45, 2.75) is 20.0 Å². The highest BCUT2D eigenvalue weighted by Gasteiger charge is 2.15. The molecule has 0 saturated carbocycles. The molecule has 2 aromatic carbocycles. The second-order valence-electron chi connectivity index (χ2n) is 6.65. The zero-order chi connectivity index (χ0) is 20.1. The number of rotatable bonds is 7. The molecule has 7 nitrogen and oxygen atoms in total. The van der Waals surface area contributed by atoms with Gasteiger partial charge in [-0.05, 0) is 42.3 Å². The molecule has 0 unspecified atom stereocenters. The van der Waals surface area contributed by atoms with Crippen molar-refractivity contribution in [1.29, 1.82) is 0 Å². The summed E-state index contributed by atoms with van der Waals surface area (Å²) in [5, 5.41) is 11.2. The van der Waals surface area contributed by atoms with Gasteiger partial charge >= 0.3 is 0 Å². The van der Waals surface area contributed by atoms with E-state index in [-0.39, 0.29) is 18.4 Å². The fourth-order valence-electron chi connectivity index (χ4n) is 3.10. The number of ether oxygens (including phenoxy) is 2. The maximum absolute atomic E-state index is 12.4. The molecule has 3 aromatic rings. The van der Waals surface area contributed by atoms with E-state index in [9.17, 15) is 4.79 Å².